The molecular weight excluding hydrogens is 370 g/mol. The van der Waals surface area contributed by atoms with Gasteiger partial charge in [0.1, 0.15) is 30.5 Å². The van der Waals surface area contributed by atoms with Crippen molar-refractivity contribution < 1.29 is 18.9 Å². The minimum Gasteiger partial charge on any atom is -0.491 e. The van der Waals surface area contributed by atoms with E-state index in [9.17, 15) is 0 Å². The third-order valence-electron chi connectivity index (χ3n) is 3.69. The molecule has 0 aliphatic carbocycles. The molecule has 0 bridgehead atoms. The first kappa shape index (κ1) is 24.4. The molecule has 0 saturated heterocycles. The van der Waals surface area contributed by atoms with Gasteiger partial charge in [0.05, 0.1) is 26.4 Å². The van der Waals surface area contributed by atoms with Gasteiger partial charge in [0, 0.05) is 12.1 Å². The van der Waals surface area contributed by atoms with Gasteiger partial charge in [-0.2, -0.15) is 0 Å². The van der Waals surface area contributed by atoms with Crippen LogP contribution in [-0.2, 0) is 16.0 Å². The van der Waals surface area contributed by atoms with Crippen molar-refractivity contribution in [3.8, 4) is 11.5 Å². The van der Waals surface area contributed by atoms with E-state index in [4.69, 9.17) is 35.8 Å². The topological polar surface area (TPSA) is 113 Å². The van der Waals surface area contributed by atoms with E-state index in [0.29, 0.717) is 51.7 Å². The van der Waals surface area contributed by atoms with Crippen LogP contribution in [0.5, 0.6) is 11.5 Å². The first-order valence-electron chi connectivity index (χ1n) is 9.83. The number of hydrogen-bond donors (Lipinski definition) is 3. The molecule has 0 aliphatic rings. The normalized spacial score (nSPS) is 10.0. The number of benzene rings is 2. The number of ether oxygens (including phenoxy) is 4. The monoisotopic (exact) mass is 403 g/mol. The van der Waals surface area contributed by atoms with Gasteiger partial charge in [-0.1, -0.05) is 26.0 Å². The van der Waals surface area contributed by atoms with Crippen molar-refractivity contribution in [1.82, 2.24) is 0 Å². The minimum atomic E-state index is 0.0415. The van der Waals surface area contributed by atoms with E-state index < -0.39 is 0 Å². The Labute approximate surface area is 173 Å². The summed E-state index contributed by atoms with van der Waals surface area (Å²) in [4.78, 5) is 0. The lowest BCUT2D eigenvalue weighted by Gasteiger charge is -2.09. The van der Waals surface area contributed by atoms with Crippen LogP contribution in [-0.4, -0.2) is 45.5 Å². The van der Waals surface area contributed by atoms with Gasteiger partial charge in [0.15, 0.2) is 0 Å². The van der Waals surface area contributed by atoms with E-state index >= 15 is 0 Å². The molecule has 5 N–H and O–H groups in total. The first-order valence-corrected chi connectivity index (χ1v) is 9.83. The van der Waals surface area contributed by atoms with E-state index in [-0.39, 0.29) is 5.84 Å². The lowest BCUT2D eigenvalue weighted by Crippen LogP contribution is -2.13. The molecule has 0 amide bonds. The second-order valence-electron chi connectivity index (χ2n) is 5.71. The second-order valence-corrected chi connectivity index (χ2v) is 5.71. The average molecular weight is 404 g/mol. The summed E-state index contributed by atoms with van der Waals surface area (Å²) < 4.78 is 22.0. The van der Waals surface area contributed by atoms with Crippen molar-refractivity contribution in [2.24, 2.45) is 11.5 Å². The molecule has 2 rings (SSSR count). The Morgan fingerprint density at radius 1 is 0.724 bits per heavy atom. The Morgan fingerprint density at radius 2 is 1.14 bits per heavy atom. The molecule has 0 heterocycles. The van der Waals surface area contributed by atoms with Gasteiger partial charge in [-0.25, -0.2) is 0 Å². The number of amidine groups is 1. The maximum Gasteiger partial charge on any atom is 0.122 e. The van der Waals surface area contributed by atoms with Crippen molar-refractivity contribution in [2.75, 3.05) is 39.6 Å². The summed E-state index contributed by atoms with van der Waals surface area (Å²) in [5, 5.41) is 7.33. The number of hydrogen-bond acceptors (Lipinski definition) is 6. The summed E-state index contributed by atoms with van der Waals surface area (Å²) in [5.74, 6) is 1.57. The number of nitrogens with two attached hydrogens (primary N) is 2. The SMILES string of the molecule is CC.N=C(N)c1ccc(OCCOCCOCCOc2ccc(CN)cc2)cc1. The van der Waals surface area contributed by atoms with Crippen LogP contribution in [0.1, 0.15) is 25.0 Å². The zero-order valence-corrected chi connectivity index (χ0v) is 17.4. The third kappa shape index (κ3) is 10.5. The van der Waals surface area contributed by atoms with E-state index in [0.717, 1.165) is 17.1 Å². The maximum atomic E-state index is 7.33. The van der Waals surface area contributed by atoms with Gasteiger partial charge >= 0.3 is 0 Å². The fraction of sp³-hybridized carbons (Fsp3) is 0.409. The van der Waals surface area contributed by atoms with E-state index in [1.165, 1.54) is 0 Å². The zero-order valence-electron chi connectivity index (χ0n) is 17.4. The van der Waals surface area contributed by atoms with Gasteiger partial charge in [-0.3, -0.25) is 5.41 Å². The van der Waals surface area contributed by atoms with Gasteiger partial charge in [0.25, 0.3) is 0 Å². The van der Waals surface area contributed by atoms with Crippen molar-refractivity contribution in [2.45, 2.75) is 20.4 Å². The Kier molecular flexibility index (Phi) is 12.9. The summed E-state index contributed by atoms with van der Waals surface area (Å²) in [6, 6.07) is 14.8. The molecule has 160 valence electrons. The Hall–Kier alpha value is -2.61. The highest BCUT2D eigenvalue weighted by molar-refractivity contribution is 5.94. The molecule has 0 radical (unpaired) electrons. The molecule has 0 atom stereocenters. The lowest BCUT2D eigenvalue weighted by atomic mass is 10.2. The smallest absolute Gasteiger partial charge is 0.122 e. The van der Waals surface area contributed by atoms with Crippen molar-refractivity contribution >= 4 is 5.84 Å². The van der Waals surface area contributed by atoms with Crippen molar-refractivity contribution in [1.29, 1.82) is 5.41 Å². The molecule has 0 unspecified atom stereocenters. The Balaban J connectivity index is 0.00000204. The molecule has 0 fully saturated rings. The van der Waals surface area contributed by atoms with Gasteiger partial charge in [-0.15, -0.1) is 0 Å². The Bertz CT molecular complexity index is 675. The van der Waals surface area contributed by atoms with Crippen LogP contribution in [0.4, 0.5) is 0 Å². The van der Waals surface area contributed by atoms with Crippen LogP contribution in [0, 0.1) is 5.41 Å². The summed E-state index contributed by atoms with van der Waals surface area (Å²) in [7, 11) is 0. The molecular formula is C22H33N3O4. The summed E-state index contributed by atoms with van der Waals surface area (Å²) >= 11 is 0. The summed E-state index contributed by atoms with van der Waals surface area (Å²) in [5.41, 5.74) is 12.7. The highest BCUT2D eigenvalue weighted by Crippen LogP contribution is 2.12. The highest BCUT2D eigenvalue weighted by atomic mass is 16.6. The zero-order chi connectivity index (χ0) is 21.3. The van der Waals surface area contributed by atoms with Gasteiger partial charge in [-0.05, 0) is 42.0 Å². The molecule has 7 nitrogen and oxygen atoms in total. The summed E-state index contributed by atoms with van der Waals surface area (Å²) in [6.07, 6.45) is 0. The van der Waals surface area contributed by atoms with Gasteiger partial charge in [0.2, 0.25) is 0 Å². The predicted octanol–water partition coefficient (Wildman–Crippen LogP) is 2.95. The largest absolute Gasteiger partial charge is 0.491 e. The van der Waals surface area contributed by atoms with E-state index in [1.807, 2.05) is 38.1 Å². The van der Waals surface area contributed by atoms with E-state index in [2.05, 4.69) is 0 Å². The summed E-state index contributed by atoms with van der Waals surface area (Å²) in [6.45, 7) is 7.44. The molecule has 0 spiro atoms. The molecule has 7 heteroatoms. The molecule has 2 aromatic rings. The van der Waals surface area contributed by atoms with Crippen LogP contribution in [0.25, 0.3) is 0 Å². The lowest BCUT2D eigenvalue weighted by molar-refractivity contribution is 0.0273. The van der Waals surface area contributed by atoms with Gasteiger partial charge < -0.3 is 30.4 Å². The Morgan fingerprint density at radius 3 is 1.55 bits per heavy atom. The minimum absolute atomic E-state index is 0.0415. The quantitative estimate of drug-likeness (QED) is 0.269. The predicted molar refractivity (Wildman–Crippen MR) is 116 cm³/mol. The average Bonchev–Trinajstić information content (AvgIpc) is 2.77. The molecule has 0 saturated carbocycles. The van der Waals surface area contributed by atoms with Crippen LogP contribution in [0.15, 0.2) is 48.5 Å². The fourth-order valence-corrected chi connectivity index (χ4v) is 2.21. The standard InChI is InChI=1S/C20H27N3O4.C2H6/c21-15-16-1-5-18(6-2-16)26-13-11-24-9-10-25-12-14-27-19-7-3-17(4-8-19)20(22)23;1-2/h1-8H,9-15,21H2,(H3,22,23);1-2H3. The molecule has 29 heavy (non-hydrogen) atoms. The van der Waals surface area contributed by atoms with Crippen molar-refractivity contribution in [3.63, 3.8) is 0 Å². The van der Waals surface area contributed by atoms with Crippen molar-refractivity contribution in [3.05, 3.63) is 59.7 Å². The molecule has 0 aromatic heterocycles. The number of nitrogens with one attached hydrogen (secondary N) is 1. The van der Waals surface area contributed by atoms with Crippen LogP contribution < -0.4 is 20.9 Å². The number of nitrogen functional groups attached to an aromatic ring is 1. The highest BCUT2D eigenvalue weighted by Gasteiger charge is 1.98. The van der Waals surface area contributed by atoms with Crippen LogP contribution in [0.2, 0.25) is 0 Å². The van der Waals surface area contributed by atoms with Crippen LogP contribution in [0.3, 0.4) is 0 Å². The fourth-order valence-electron chi connectivity index (χ4n) is 2.21. The van der Waals surface area contributed by atoms with Crippen LogP contribution >= 0.6 is 0 Å². The third-order valence-corrected chi connectivity index (χ3v) is 3.69. The maximum absolute atomic E-state index is 7.33. The molecule has 0 aliphatic heterocycles. The second kappa shape index (κ2) is 15.3. The number of rotatable bonds is 13. The first-order chi connectivity index (χ1) is 14.2. The van der Waals surface area contributed by atoms with E-state index in [1.54, 1.807) is 24.3 Å². The molecule has 2 aromatic carbocycles.